The second kappa shape index (κ2) is 10.3. The fourth-order valence-corrected chi connectivity index (χ4v) is 4.45. The highest BCUT2D eigenvalue weighted by Gasteiger charge is 2.25. The van der Waals surface area contributed by atoms with Crippen molar-refractivity contribution in [1.82, 2.24) is 39.6 Å². The monoisotopic (exact) mass is 526 g/mol. The number of nitrogens with zero attached hydrogens (tertiary/aromatic N) is 9. The number of carbonyl (C=O) groups excluding carboxylic acids is 1. The van der Waals surface area contributed by atoms with E-state index in [-0.39, 0.29) is 18.4 Å². The second-order valence-corrected chi connectivity index (χ2v) is 10.5. The van der Waals surface area contributed by atoms with Crippen molar-refractivity contribution in [3.05, 3.63) is 54.3 Å². The molecule has 0 saturated carbocycles. The highest BCUT2D eigenvalue weighted by Crippen LogP contribution is 2.27. The number of carbonyl (C=O) groups is 1. The molecule has 0 aliphatic carbocycles. The number of aromatic nitrogens is 7. The molecular formula is C27H30N10O2. The summed E-state index contributed by atoms with van der Waals surface area (Å²) in [6.45, 7) is 8.39. The summed E-state index contributed by atoms with van der Waals surface area (Å²) in [5.41, 5.74) is 3.31. The van der Waals surface area contributed by atoms with Gasteiger partial charge in [0.15, 0.2) is 11.5 Å². The third-order valence-electron chi connectivity index (χ3n) is 6.28. The number of hydrogen-bond donors (Lipinski definition) is 2. The number of anilines is 1. The third kappa shape index (κ3) is 5.63. The number of pyridine rings is 2. The van der Waals surface area contributed by atoms with Gasteiger partial charge in [0.1, 0.15) is 17.5 Å². The van der Waals surface area contributed by atoms with Crippen LogP contribution < -0.4 is 5.32 Å². The lowest BCUT2D eigenvalue weighted by Crippen LogP contribution is -2.38. The number of amides is 1. The maximum Gasteiger partial charge on any atom is 0.225 e. The number of nitriles is 1. The van der Waals surface area contributed by atoms with E-state index < -0.39 is 5.60 Å². The Balaban J connectivity index is 1.41. The summed E-state index contributed by atoms with van der Waals surface area (Å²) in [4.78, 5) is 23.2. The average Bonchev–Trinajstić information content (AvgIpc) is 3.55. The first-order chi connectivity index (χ1) is 18.6. The topological polar surface area (TPSA) is 151 Å². The molecule has 4 aromatic rings. The highest BCUT2D eigenvalue weighted by atomic mass is 16.3. The van der Waals surface area contributed by atoms with Crippen molar-refractivity contribution in [2.24, 2.45) is 0 Å². The zero-order valence-corrected chi connectivity index (χ0v) is 22.3. The van der Waals surface area contributed by atoms with Crippen molar-refractivity contribution >= 4 is 28.2 Å². The second-order valence-electron chi connectivity index (χ2n) is 10.5. The molecule has 0 unspecified atom stereocenters. The van der Waals surface area contributed by atoms with Crippen LogP contribution in [0.4, 0.5) is 5.69 Å². The molecule has 12 nitrogen and oxygen atoms in total. The van der Waals surface area contributed by atoms with E-state index in [1.807, 2.05) is 32.2 Å². The Hall–Kier alpha value is -4.63. The molecule has 0 bridgehead atoms. The summed E-state index contributed by atoms with van der Waals surface area (Å²) >= 11 is 0. The van der Waals surface area contributed by atoms with Gasteiger partial charge in [0.05, 0.1) is 41.9 Å². The number of nitrogens with one attached hydrogen (secondary N) is 1. The Labute approximate surface area is 225 Å². The quantitative estimate of drug-likeness (QED) is 0.370. The number of rotatable bonds is 7. The van der Waals surface area contributed by atoms with Gasteiger partial charge >= 0.3 is 0 Å². The van der Waals surface area contributed by atoms with Gasteiger partial charge in [-0.2, -0.15) is 15.0 Å². The van der Waals surface area contributed by atoms with Crippen LogP contribution in [0.3, 0.4) is 0 Å². The van der Waals surface area contributed by atoms with Gasteiger partial charge in [-0.3, -0.25) is 4.79 Å². The summed E-state index contributed by atoms with van der Waals surface area (Å²) in [6.07, 6.45) is 9.47. The molecule has 2 N–H and O–H groups in total. The Kier molecular flexibility index (Phi) is 6.84. The molecular weight excluding hydrogens is 496 g/mol. The summed E-state index contributed by atoms with van der Waals surface area (Å²) in [6, 6.07) is 5.86. The Bertz CT molecular complexity index is 1600. The van der Waals surface area contributed by atoms with E-state index >= 15 is 0 Å². The smallest absolute Gasteiger partial charge is 0.225 e. The molecule has 0 radical (unpaired) electrons. The van der Waals surface area contributed by atoms with E-state index in [2.05, 4.69) is 36.8 Å². The first-order valence-electron chi connectivity index (χ1n) is 12.7. The van der Waals surface area contributed by atoms with Gasteiger partial charge in [-0.1, -0.05) is 11.3 Å². The van der Waals surface area contributed by atoms with Crippen molar-refractivity contribution < 1.29 is 9.90 Å². The average molecular weight is 527 g/mol. The van der Waals surface area contributed by atoms with Crippen LogP contribution in [-0.2, 0) is 4.79 Å². The minimum atomic E-state index is -1.03. The van der Waals surface area contributed by atoms with Crippen LogP contribution in [0.2, 0.25) is 0 Å². The third-order valence-corrected chi connectivity index (χ3v) is 6.28. The maximum atomic E-state index is 12.5. The summed E-state index contributed by atoms with van der Waals surface area (Å²) in [7, 11) is 0. The molecule has 5 rings (SSSR count). The van der Waals surface area contributed by atoms with Crippen molar-refractivity contribution in [2.45, 2.75) is 52.2 Å². The predicted molar refractivity (Wildman–Crippen MR) is 145 cm³/mol. The number of hydrogen-bond acceptors (Lipinski definition) is 9. The molecule has 1 amide bonds. The molecule has 0 aromatic carbocycles. The molecule has 0 fully saturated rings. The molecule has 1 aliphatic heterocycles. The van der Waals surface area contributed by atoms with Crippen LogP contribution in [0.1, 0.15) is 51.8 Å². The van der Waals surface area contributed by atoms with Crippen molar-refractivity contribution in [2.75, 3.05) is 18.4 Å². The number of fused-ring (bicyclic) bond motifs is 1. The molecule has 0 atom stereocenters. The SMILES string of the molecule is CC(C)Nc1cc(-n2ncc3cc(C#N)cnc32)ncc1-n1cc(C2=CCN(C(=O)CC(C)(C)O)CC2)nn1. The zero-order valence-electron chi connectivity index (χ0n) is 22.3. The Morgan fingerprint density at radius 1 is 1.23 bits per heavy atom. The van der Waals surface area contributed by atoms with Crippen molar-refractivity contribution in [3.63, 3.8) is 0 Å². The summed E-state index contributed by atoms with van der Waals surface area (Å²) in [5.74, 6) is 0.503. The van der Waals surface area contributed by atoms with Crippen LogP contribution >= 0.6 is 0 Å². The van der Waals surface area contributed by atoms with E-state index in [0.29, 0.717) is 36.5 Å². The standard InChI is InChI=1S/C27H30N10O2/c1-17(2)32-21-10-24(37-26-20(14-31-37)9-18(12-28)13-30-26)29-15-23(21)36-16-22(33-34-36)19-5-7-35(8-6-19)25(38)11-27(3,4)39/h5,9-10,13-17,39H,6-8,11H2,1-4H3,(H,29,32). The lowest BCUT2D eigenvalue weighted by molar-refractivity contribution is -0.134. The van der Waals surface area contributed by atoms with Gasteiger partial charge < -0.3 is 15.3 Å². The van der Waals surface area contributed by atoms with E-state index in [9.17, 15) is 9.90 Å². The first-order valence-corrected chi connectivity index (χ1v) is 12.7. The molecule has 0 saturated heterocycles. The molecule has 1 aliphatic rings. The lowest BCUT2D eigenvalue weighted by Gasteiger charge is -2.28. The van der Waals surface area contributed by atoms with E-state index in [0.717, 1.165) is 28.0 Å². The molecule has 200 valence electrons. The van der Waals surface area contributed by atoms with Gasteiger partial charge in [-0.05, 0) is 45.8 Å². The van der Waals surface area contributed by atoms with Crippen molar-refractivity contribution in [1.29, 1.82) is 5.26 Å². The van der Waals surface area contributed by atoms with E-state index in [1.165, 1.54) is 6.20 Å². The normalized spacial score (nSPS) is 14.0. The zero-order chi connectivity index (χ0) is 27.7. The molecule has 12 heteroatoms. The van der Waals surface area contributed by atoms with E-state index in [1.54, 1.807) is 46.6 Å². The molecule has 39 heavy (non-hydrogen) atoms. The minimum Gasteiger partial charge on any atom is -0.390 e. The van der Waals surface area contributed by atoms with Gasteiger partial charge in [0.25, 0.3) is 0 Å². The number of aliphatic hydroxyl groups is 1. The van der Waals surface area contributed by atoms with Gasteiger partial charge in [-0.25, -0.2) is 14.6 Å². The maximum absolute atomic E-state index is 12.5. The van der Waals surface area contributed by atoms with Crippen LogP contribution in [0.25, 0.3) is 28.1 Å². The molecule has 5 heterocycles. The molecule has 0 spiro atoms. The predicted octanol–water partition coefficient (Wildman–Crippen LogP) is 2.86. The fraction of sp³-hybridized carbons (Fsp3) is 0.370. The van der Waals surface area contributed by atoms with Gasteiger partial charge in [0, 0.05) is 36.8 Å². The van der Waals surface area contributed by atoms with Gasteiger partial charge in [-0.15, -0.1) is 5.10 Å². The van der Waals surface area contributed by atoms with Crippen LogP contribution in [0, 0.1) is 11.3 Å². The lowest BCUT2D eigenvalue weighted by atomic mass is 10.0. The largest absolute Gasteiger partial charge is 0.390 e. The fourth-order valence-electron chi connectivity index (χ4n) is 4.45. The molecule has 4 aromatic heterocycles. The highest BCUT2D eigenvalue weighted by molar-refractivity contribution is 5.79. The van der Waals surface area contributed by atoms with Crippen LogP contribution in [-0.4, -0.2) is 75.4 Å². The Morgan fingerprint density at radius 3 is 2.74 bits per heavy atom. The van der Waals surface area contributed by atoms with Crippen LogP contribution in [0.15, 0.2) is 43.0 Å². The minimum absolute atomic E-state index is 0.0670. The first kappa shape index (κ1) is 26.0. The van der Waals surface area contributed by atoms with Crippen molar-refractivity contribution in [3.8, 4) is 17.6 Å². The van der Waals surface area contributed by atoms with Gasteiger partial charge in [0.2, 0.25) is 5.91 Å². The summed E-state index contributed by atoms with van der Waals surface area (Å²) < 4.78 is 3.32. The van der Waals surface area contributed by atoms with E-state index in [4.69, 9.17) is 5.26 Å². The Morgan fingerprint density at radius 2 is 2.05 bits per heavy atom. The summed E-state index contributed by atoms with van der Waals surface area (Å²) in [5, 5.41) is 36.5. The van der Waals surface area contributed by atoms with Crippen LogP contribution in [0.5, 0.6) is 0 Å².